The number of hydrogen-bond acceptors (Lipinski definition) is 2. The first-order valence-electron chi connectivity index (χ1n) is 7.23. The molecule has 0 aromatic heterocycles. The minimum atomic E-state index is 0.371. The van der Waals surface area contributed by atoms with Gasteiger partial charge >= 0.3 is 0 Å². The summed E-state index contributed by atoms with van der Waals surface area (Å²) < 4.78 is 0. The van der Waals surface area contributed by atoms with Gasteiger partial charge in [0.05, 0.1) is 0 Å². The van der Waals surface area contributed by atoms with Gasteiger partial charge in [-0.15, -0.1) is 0 Å². The molecule has 2 aromatic carbocycles. The summed E-state index contributed by atoms with van der Waals surface area (Å²) in [5.74, 6) is 0. The molecule has 0 heterocycles. The molecule has 2 heteroatoms. The van der Waals surface area contributed by atoms with E-state index in [1.807, 2.05) is 12.1 Å². The molecule has 0 saturated carbocycles. The summed E-state index contributed by atoms with van der Waals surface area (Å²) in [5, 5.41) is 0. The van der Waals surface area contributed by atoms with E-state index in [4.69, 9.17) is 5.73 Å². The summed E-state index contributed by atoms with van der Waals surface area (Å²) in [7, 11) is 0. The summed E-state index contributed by atoms with van der Waals surface area (Å²) in [6, 6.07) is 19.6. The average Bonchev–Trinajstić information content (AvgIpc) is 2.46. The fourth-order valence-electron chi connectivity index (χ4n) is 2.56. The predicted molar refractivity (Wildman–Crippen MR) is 86.4 cm³/mol. The van der Waals surface area contributed by atoms with Gasteiger partial charge in [-0.05, 0) is 38.0 Å². The second kappa shape index (κ2) is 6.58. The number of nitrogen functional groups attached to an aromatic ring is 1. The van der Waals surface area contributed by atoms with Crippen LogP contribution < -0.4 is 5.73 Å². The van der Waals surface area contributed by atoms with Gasteiger partial charge in [-0.3, -0.25) is 4.90 Å². The molecule has 0 spiro atoms. The maximum atomic E-state index is 6.08. The second-order valence-corrected chi connectivity index (χ2v) is 5.55. The van der Waals surface area contributed by atoms with Crippen LogP contribution in [0.3, 0.4) is 0 Å². The predicted octanol–water partition coefficient (Wildman–Crippen LogP) is 4.24. The fourth-order valence-corrected chi connectivity index (χ4v) is 2.56. The van der Waals surface area contributed by atoms with Crippen LogP contribution in [0.2, 0.25) is 0 Å². The highest BCUT2D eigenvalue weighted by atomic mass is 15.2. The molecule has 1 unspecified atom stereocenters. The third-order valence-corrected chi connectivity index (χ3v) is 3.85. The smallest absolute Gasteiger partial charge is 0.0359 e. The van der Waals surface area contributed by atoms with Crippen LogP contribution in [0.4, 0.5) is 5.69 Å². The monoisotopic (exact) mass is 268 g/mol. The highest BCUT2D eigenvalue weighted by Gasteiger charge is 2.19. The van der Waals surface area contributed by atoms with Crippen molar-refractivity contribution in [3.63, 3.8) is 0 Å². The van der Waals surface area contributed by atoms with Crippen LogP contribution in [0.1, 0.15) is 37.9 Å². The number of nitrogens with two attached hydrogens (primary N) is 1. The van der Waals surface area contributed by atoms with Crippen LogP contribution in [-0.2, 0) is 6.54 Å². The first kappa shape index (κ1) is 14.6. The van der Waals surface area contributed by atoms with Crippen LogP contribution in [0.15, 0.2) is 54.6 Å². The number of benzene rings is 2. The maximum Gasteiger partial charge on any atom is 0.0359 e. The van der Waals surface area contributed by atoms with Crippen molar-refractivity contribution >= 4 is 5.69 Å². The van der Waals surface area contributed by atoms with Crippen molar-refractivity contribution in [2.24, 2.45) is 0 Å². The normalized spacial score (nSPS) is 12.8. The van der Waals surface area contributed by atoms with Gasteiger partial charge in [0.1, 0.15) is 0 Å². The molecule has 0 aliphatic rings. The van der Waals surface area contributed by atoms with Crippen molar-refractivity contribution in [2.45, 2.75) is 39.4 Å². The molecule has 0 saturated heterocycles. The largest absolute Gasteiger partial charge is 0.398 e. The molecule has 0 fully saturated rings. The summed E-state index contributed by atoms with van der Waals surface area (Å²) in [5.41, 5.74) is 9.50. The third-order valence-electron chi connectivity index (χ3n) is 3.85. The van der Waals surface area contributed by atoms with E-state index in [0.29, 0.717) is 12.1 Å². The highest BCUT2D eigenvalue weighted by molar-refractivity contribution is 5.46. The Morgan fingerprint density at radius 2 is 1.50 bits per heavy atom. The molecule has 0 radical (unpaired) electrons. The van der Waals surface area contributed by atoms with Gasteiger partial charge in [0, 0.05) is 24.3 Å². The summed E-state index contributed by atoms with van der Waals surface area (Å²) in [6.45, 7) is 7.60. The Balaban J connectivity index is 2.22. The second-order valence-electron chi connectivity index (χ2n) is 5.55. The average molecular weight is 268 g/mol. The number of rotatable bonds is 5. The molecule has 106 valence electrons. The zero-order valence-corrected chi connectivity index (χ0v) is 12.6. The zero-order valence-electron chi connectivity index (χ0n) is 12.6. The SMILES string of the molecule is CC(C)N(Cc1ccccc1N)C(C)c1ccccc1. The lowest BCUT2D eigenvalue weighted by atomic mass is 10.0. The first-order valence-corrected chi connectivity index (χ1v) is 7.23. The van der Waals surface area contributed by atoms with E-state index < -0.39 is 0 Å². The number of nitrogens with zero attached hydrogens (tertiary/aromatic N) is 1. The van der Waals surface area contributed by atoms with Crippen molar-refractivity contribution in [1.29, 1.82) is 0 Å². The van der Waals surface area contributed by atoms with Gasteiger partial charge in [0.25, 0.3) is 0 Å². The molecule has 2 aromatic rings. The van der Waals surface area contributed by atoms with Gasteiger partial charge < -0.3 is 5.73 Å². The van der Waals surface area contributed by atoms with Gasteiger partial charge in [0.15, 0.2) is 0 Å². The lowest BCUT2D eigenvalue weighted by Crippen LogP contribution is -2.33. The summed E-state index contributed by atoms with van der Waals surface area (Å²) >= 11 is 0. The molecule has 0 aliphatic carbocycles. The minimum Gasteiger partial charge on any atom is -0.398 e. The van der Waals surface area contributed by atoms with Gasteiger partial charge in [0.2, 0.25) is 0 Å². The van der Waals surface area contributed by atoms with E-state index in [1.165, 1.54) is 11.1 Å². The van der Waals surface area contributed by atoms with Crippen molar-refractivity contribution in [3.05, 3.63) is 65.7 Å². The lowest BCUT2D eigenvalue weighted by molar-refractivity contribution is 0.155. The highest BCUT2D eigenvalue weighted by Crippen LogP contribution is 2.26. The Bertz CT molecular complexity index is 534. The molecule has 2 nitrogen and oxygen atoms in total. The van der Waals surface area contributed by atoms with E-state index in [0.717, 1.165) is 12.2 Å². The topological polar surface area (TPSA) is 29.3 Å². The molecule has 20 heavy (non-hydrogen) atoms. The van der Waals surface area contributed by atoms with Crippen LogP contribution in [-0.4, -0.2) is 10.9 Å². The Morgan fingerprint density at radius 1 is 0.900 bits per heavy atom. The van der Waals surface area contributed by atoms with Crippen LogP contribution in [0.25, 0.3) is 0 Å². The minimum absolute atomic E-state index is 0.371. The van der Waals surface area contributed by atoms with E-state index in [-0.39, 0.29) is 0 Å². The van der Waals surface area contributed by atoms with E-state index in [9.17, 15) is 0 Å². The van der Waals surface area contributed by atoms with Gasteiger partial charge in [-0.2, -0.15) is 0 Å². The molecule has 2 rings (SSSR count). The molecule has 2 N–H and O–H groups in total. The standard InChI is InChI=1S/C18H24N2/c1-14(2)20(13-17-11-7-8-12-18(17)19)15(3)16-9-5-4-6-10-16/h4-12,14-15H,13,19H2,1-3H3. The Morgan fingerprint density at radius 3 is 2.10 bits per heavy atom. The van der Waals surface area contributed by atoms with Crippen LogP contribution >= 0.6 is 0 Å². The van der Waals surface area contributed by atoms with Crippen molar-refractivity contribution in [2.75, 3.05) is 5.73 Å². The fraction of sp³-hybridized carbons (Fsp3) is 0.333. The maximum absolute atomic E-state index is 6.08. The molecular formula is C18H24N2. The third kappa shape index (κ3) is 3.40. The van der Waals surface area contributed by atoms with Crippen LogP contribution in [0, 0.1) is 0 Å². The Kier molecular flexibility index (Phi) is 4.80. The van der Waals surface area contributed by atoms with E-state index in [2.05, 4.69) is 68.1 Å². The zero-order chi connectivity index (χ0) is 14.5. The van der Waals surface area contributed by atoms with E-state index in [1.54, 1.807) is 0 Å². The molecule has 1 atom stereocenters. The van der Waals surface area contributed by atoms with Gasteiger partial charge in [-0.1, -0.05) is 48.5 Å². The van der Waals surface area contributed by atoms with Gasteiger partial charge in [-0.25, -0.2) is 0 Å². The lowest BCUT2D eigenvalue weighted by Gasteiger charge is -2.33. The molecular weight excluding hydrogens is 244 g/mol. The van der Waals surface area contributed by atoms with Crippen molar-refractivity contribution in [1.82, 2.24) is 4.90 Å². The molecule has 0 bridgehead atoms. The summed E-state index contributed by atoms with van der Waals surface area (Å²) in [6.07, 6.45) is 0. The Hall–Kier alpha value is -1.80. The van der Waals surface area contributed by atoms with Crippen molar-refractivity contribution in [3.8, 4) is 0 Å². The Labute approximate surface area is 122 Å². The number of para-hydroxylation sites is 1. The van der Waals surface area contributed by atoms with E-state index >= 15 is 0 Å². The number of hydrogen-bond donors (Lipinski definition) is 1. The quantitative estimate of drug-likeness (QED) is 0.822. The van der Waals surface area contributed by atoms with Crippen molar-refractivity contribution < 1.29 is 0 Å². The first-order chi connectivity index (χ1) is 9.59. The van der Waals surface area contributed by atoms with Crippen LogP contribution in [0.5, 0.6) is 0 Å². The molecule has 0 amide bonds. The summed E-state index contributed by atoms with van der Waals surface area (Å²) in [4.78, 5) is 2.47. The number of anilines is 1. The molecule has 0 aliphatic heterocycles.